The third-order valence-corrected chi connectivity index (χ3v) is 3.21. The average molecular weight is 251 g/mol. The average Bonchev–Trinajstić information content (AvgIpc) is 2.86. The van der Waals surface area contributed by atoms with Crippen LogP contribution in [0.4, 0.5) is 11.5 Å². The Morgan fingerprint density at radius 3 is 2.82 bits per heavy atom. The molecule has 0 amide bonds. The number of anilines is 2. The molecule has 5 nitrogen and oxygen atoms in total. The van der Waals surface area contributed by atoms with Crippen LogP contribution >= 0.6 is 11.3 Å². The van der Waals surface area contributed by atoms with Gasteiger partial charge in [0.05, 0.1) is 29.1 Å². The molecule has 2 heterocycles. The fourth-order valence-electron chi connectivity index (χ4n) is 1.70. The van der Waals surface area contributed by atoms with Gasteiger partial charge in [-0.05, 0) is 5.92 Å². The molecule has 0 saturated carbocycles. The van der Waals surface area contributed by atoms with Crippen LogP contribution in [0, 0.1) is 0 Å². The quantitative estimate of drug-likeness (QED) is 0.874. The second kappa shape index (κ2) is 4.75. The number of thiazole rings is 1. The minimum Gasteiger partial charge on any atom is -0.394 e. The van der Waals surface area contributed by atoms with Crippen molar-refractivity contribution in [3.8, 4) is 0 Å². The summed E-state index contributed by atoms with van der Waals surface area (Å²) in [7, 11) is 1.89. The van der Waals surface area contributed by atoms with Crippen LogP contribution in [0.15, 0.2) is 10.9 Å². The van der Waals surface area contributed by atoms with E-state index in [0.29, 0.717) is 12.5 Å². The largest absolute Gasteiger partial charge is 0.394 e. The fraction of sp³-hybridized carbons (Fsp3) is 0.455. The zero-order valence-corrected chi connectivity index (χ0v) is 11.1. The van der Waals surface area contributed by atoms with Gasteiger partial charge in [-0.15, -0.1) is 11.3 Å². The molecule has 0 saturated heterocycles. The summed E-state index contributed by atoms with van der Waals surface area (Å²) in [6.45, 7) is 4.84. The van der Waals surface area contributed by atoms with Crippen LogP contribution in [0.25, 0.3) is 0 Å². The van der Waals surface area contributed by atoms with Crippen molar-refractivity contribution in [2.45, 2.75) is 26.3 Å². The Morgan fingerprint density at radius 1 is 1.53 bits per heavy atom. The van der Waals surface area contributed by atoms with Gasteiger partial charge in [-0.2, -0.15) is 5.10 Å². The lowest BCUT2D eigenvalue weighted by Crippen LogP contribution is -2.06. The summed E-state index contributed by atoms with van der Waals surface area (Å²) in [6, 6.07) is 0. The first kappa shape index (κ1) is 11.9. The summed E-state index contributed by atoms with van der Waals surface area (Å²) in [5, 5.41) is 9.72. The molecule has 0 radical (unpaired) electrons. The number of aromatic nitrogens is 3. The van der Waals surface area contributed by atoms with Gasteiger partial charge in [-0.1, -0.05) is 13.8 Å². The maximum Gasteiger partial charge on any atom is 0.148 e. The SMILES string of the molecule is CC(C)c1nn(C)c(NCc2cscn2)c1N. The highest BCUT2D eigenvalue weighted by Crippen LogP contribution is 2.27. The fourth-order valence-corrected chi connectivity index (χ4v) is 2.25. The van der Waals surface area contributed by atoms with Gasteiger partial charge in [0, 0.05) is 12.4 Å². The van der Waals surface area contributed by atoms with E-state index < -0.39 is 0 Å². The zero-order valence-electron chi connectivity index (χ0n) is 10.3. The summed E-state index contributed by atoms with van der Waals surface area (Å²) in [5.41, 5.74) is 10.6. The maximum absolute atomic E-state index is 6.08. The Kier molecular flexibility index (Phi) is 3.33. The highest BCUT2D eigenvalue weighted by Gasteiger charge is 2.15. The van der Waals surface area contributed by atoms with Gasteiger partial charge in [-0.3, -0.25) is 4.68 Å². The van der Waals surface area contributed by atoms with Crippen molar-refractivity contribution in [2.24, 2.45) is 7.05 Å². The minimum absolute atomic E-state index is 0.330. The molecule has 17 heavy (non-hydrogen) atoms. The first-order valence-electron chi connectivity index (χ1n) is 5.53. The maximum atomic E-state index is 6.08. The van der Waals surface area contributed by atoms with Gasteiger partial charge in [-0.25, -0.2) is 4.98 Å². The molecule has 0 aliphatic carbocycles. The molecule has 0 unspecified atom stereocenters. The first-order valence-corrected chi connectivity index (χ1v) is 6.47. The molecule has 0 aliphatic rings. The van der Waals surface area contributed by atoms with E-state index in [4.69, 9.17) is 5.73 Å². The van der Waals surface area contributed by atoms with Crippen LogP contribution in [-0.2, 0) is 13.6 Å². The monoisotopic (exact) mass is 251 g/mol. The molecule has 0 fully saturated rings. The Morgan fingerprint density at radius 2 is 2.29 bits per heavy atom. The Balaban J connectivity index is 2.15. The van der Waals surface area contributed by atoms with Crippen molar-refractivity contribution in [3.63, 3.8) is 0 Å². The summed E-state index contributed by atoms with van der Waals surface area (Å²) in [6.07, 6.45) is 0. The van der Waals surface area contributed by atoms with E-state index >= 15 is 0 Å². The molecular formula is C11H17N5S. The molecule has 0 aromatic carbocycles. The lowest BCUT2D eigenvalue weighted by molar-refractivity contribution is 0.714. The van der Waals surface area contributed by atoms with Gasteiger partial charge in [0.15, 0.2) is 0 Å². The molecule has 3 N–H and O–H groups in total. The number of nitrogens with two attached hydrogens (primary N) is 1. The number of nitrogen functional groups attached to an aromatic ring is 1. The van der Waals surface area contributed by atoms with Gasteiger partial charge in [0.2, 0.25) is 0 Å². The smallest absolute Gasteiger partial charge is 0.148 e. The third-order valence-electron chi connectivity index (χ3n) is 2.58. The standard InChI is InChI=1S/C11H17N5S/c1-7(2)10-9(12)11(16(3)15-10)13-4-8-5-17-6-14-8/h5-7,13H,4,12H2,1-3H3. The molecule has 0 spiro atoms. The van der Waals surface area contributed by atoms with Gasteiger partial charge >= 0.3 is 0 Å². The van der Waals surface area contributed by atoms with E-state index in [2.05, 4.69) is 29.2 Å². The molecule has 92 valence electrons. The first-order chi connectivity index (χ1) is 8.09. The van der Waals surface area contributed by atoms with Crippen LogP contribution in [-0.4, -0.2) is 14.8 Å². The van der Waals surface area contributed by atoms with Crippen molar-refractivity contribution < 1.29 is 0 Å². The molecule has 6 heteroatoms. The predicted octanol–water partition coefficient (Wildman–Crippen LogP) is 2.19. The van der Waals surface area contributed by atoms with E-state index in [9.17, 15) is 0 Å². The Bertz CT molecular complexity index is 486. The molecule has 2 aromatic heterocycles. The normalized spacial score (nSPS) is 11.1. The van der Waals surface area contributed by atoms with Gasteiger partial charge < -0.3 is 11.1 Å². The second-order valence-electron chi connectivity index (χ2n) is 4.26. The van der Waals surface area contributed by atoms with Crippen molar-refractivity contribution in [3.05, 3.63) is 22.3 Å². The van der Waals surface area contributed by atoms with Crippen LogP contribution < -0.4 is 11.1 Å². The summed E-state index contributed by atoms with van der Waals surface area (Å²) in [4.78, 5) is 4.22. The Hall–Kier alpha value is -1.56. The van der Waals surface area contributed by atoms with Crippen molar-refractivity contribution in [1.29, 1.82) is 0 Å². The summed E-state index contributed by atoms with van der Waals surface area (Å²) in [5.74, 6) is 1.19. The van der Waals surface area contributed by atoms with Gasteiger partial charge in [0.1, 0.15) is 5.82 Å². The molecule has 2 aromatic rings. The number of aryl methyl sites for hydroxylation is 1. The van der Waals surface area contributed by atoms with E-state index in [1.165, 1.54) is 0 Å². The summed E-state index contributed by atoms with van der Waals surface area (Å²) >= 11 is 1.59. The number of rotatable bonds is 4. The number of nitrogens with one attached hydrogen (secondary N) is 1. The topological polar surface area (TPSA) is 68.8 Å². The van der Waals surface area contributed by atoms with E-state index in [1.807, 2.05) is 17.9 Å². The minimum atomic E-state index is 0.330. The molecule has 0 bridgehead atoms. The lowest BCUT2D eigenvalue weighted by atomic mass is 10.1. The highest BCUT2D eigenvalue weighted by molar-refractivity contribution is 7.07. The van der Waals surface area contributed by atoms with E-state index in [1.54, 1.807) is 16.0 Å². The van der Waals surface area contributed by atoms with Crippen LogP contribution in [0.1, 0.15) is 31.2 Å². The summed E-state index contributed by atoms with van der Waals surface area (Å²) < 4.78 is 1.79. The predicted molar refractivity (Wildman–Crippen MR) is 71.2 cm³/mol. The number of hydrogen-bond acceptors (Lipinski definition) is 5. The lowest BCUT2D eigenvalue weighted by Gasteiger charge is -2.06. The molecule has 0 aliphatic heterocycles. The molecular weight excluding hydrogens is 234 g/mol. The van der Waals surface area contributed by atoms with Gasteiger partial charge in [0.25, 0.3) is 0 Å². The van der Waals surface area contributed by atoms with Crippen molar-refractivity contribution in [1.82, 2.24) is 14.8 Å². The van der Waals surface area contributed by atoms with Crippen molar-refractivity contribution >= 4 is 22.8 Å². The van der Waals surface area contributed by atoms with E-state index in [-0.39, 0.29) is 0 Å². The van der Waals surface area contributed by atoms with Crippen LogP contribution in [0.2, 0.25) is 0 Å². The van der Waals surface area contributed by atoms with E-state index in [0.717, 1.165) is 22.9 Å². The third kappa shape index (κ3) is 2.41. The Labute approximate surface area is 105 Å². The number of nitrogens with zero attached hydrogens (tertiary/aromatic N) is 3. The highest BCUT2D eigenvalue weighted by atomic mass is 32.1. The second-order valence-corrected chi connectivity index (χ2v) is 4.98. The molecule has 2 rings (SSSR count). The van der Waals surface area contributed by atoms with Crippen molar-refractivity contribution in [2.75, 3.05) is 11.1 Å². The van der Waals surface area contributed by atoms with Crippen LogP contribution in [0.3, 0.4) is 0 Å². The van der Waals surface area contributed by atoms with Crippen LogP contribution in [0.5, 0.6) is 0 Å². The number of hydrogen-bond donors (Lipinski definition) is 2. The molecule has 0 atom stereocenters. The zero-order chi connectivity index (χ0) is 12.4.